The molecule has 1 aromatic carbocycles. The van der Waals surface area contributed by atoms with E-state index in [-0.39, 0.29) is 45.6 Å². The lowest BCUT2D eigenvalue weighted by atomic mass is 9.97. The van der Waals surface area contributed by atoms with Crippen LogP contribution in [0.5, 0.6) is 11.5 Å². The summed E-state index contributed by atoms with van der Waals surface area (Å²) in [6.07, 6.45) is 3.06. The standard InChI is InChI=1S/C26H31BF2N4O4/c1-6-31(7-2)25(35)20-12-11-19(30-20)24(18-16-17(37-5)10-15-23(18)34)21-13-14-22(33(21)27(28)29)26(36)32(8-3)9-4/h10-16,34H,6-9H2,1-5H3/b24-19+. The van der Waals surface area contributed by atoms with Crippen molar-refractivity contribution in [3.63, 3.8) is 0 Å². The second-order valence-electron chi connectivity index (χ2n) is 8.18. The molecule has 2 heterocycles. The number of benzene rings is 1. The number of hydrogen-bond acceptors (Lipinski definition) is 5. The summed E-state index contributed by atoms with van der Waals surface area (Å²) >= 11 is 0. The Labute approximate surface area is 215 Å². The number of rotatable bonds is 10. The second-order valence-corrected chi connectivity index (χ2v) is 8.18. The summed E-state index contributed by atoms with van der Waals surface area (Å²) in [6.45, 7) is 8.91. The summed E-state index contributed by atoms with van der Waals surface area (Å²) in [6, 6.07) is 7.16. The van der Waals surface area contributed by atoms with Crippen molar-refractivity contribution in [2.45, 2.75) is 27.7 Å². The number of hydrogen-bond donors (Lipinski definition) is 1. The van der Waals surface area contributed by atoms with Gasteiger partial charge in [-0.2, -0.15) is 0 Å². The maximum atomic E-state index is 14.5. The summed E-state index contributed by atoms with van der Waals surface area (Å²) < 4.78 is 35.0. The predicted molar refractivity (Wildman–Crippen MR) is 140 cm³/mol. The molecule has 0 radical (unpaired) electrons. The van der Waals surface area contributed by atoms with Gasteiger partial charge in [0.05, 0.1) is 18.5 Å². The van der Waals surface area contributed by atoms with Crippen molar-refractivity contribution in [2.75, 3.05) is 33.3 Å². The van der Waals surface area contributed by atoms with Gasteiger partial charge in [0.15, 0.2) is 0 Å². The average molecular weight is 512 g/mol. The first kappa shape index (κ1) is 27.7. The highest BCUT2D eigenvalue weighted by molar-refractivity contribution is 6.44. The van der Waals surface area contributed by atoms with E-state index in [2.05, 4.69) is 4.99 Å². The minimum Gasteiger partial charge on any atom is -0.507 e. The monoisotopic (exact) mass is 512 g/mol. The summed E-state index contributed by atoms with van der Waals surface area (Å²) in [4.78, 5) is 33.5. The highest BCUT2D eigenvalue weighted by Gasteiger charge is 2.32. The van der Waals surface area contributed by atoms with Gasteiger partial charge in [-0.3, -0.25) is 18.2 Å². The van der Waals surface area contributed by atoms with Gasteiger partial charge in [0.2, 0.25) is 0 Å². The van der Waals surface area contributed by atoms with Crippen molar-refractivity contribution in [1.82, 2.24) is 14.3 Å². The minimum absolute atomic E-state index is 0.0333. The summed E-state index contributed by atoms with van der Waals surface area (Å²) in [5, 5.41) is 10.8. The molecule has 0 fully saturated rings. The molecular weight excluding hydrogens is 481 g/mol. The van der Waals surface area contributed by atoms with Gasteiger partial charge in [0, 0.05) is 43.0 Å². The fourth-order valence-electron chi connectivity index (χ4n) is 4.25. The molecule has 0 atom stereocenters. The zero-order valence-corrected chi connectivity index (χ0v) is 21.7. The number of halogens is 2. The molecule has 3 rings (SSSR count). The van der Waals surface area contributed by atoms with Crippen LogP contribution < -0.4 is 4.74 Å². The van der Waals surface area contributed by atoms with Crippen molar-refractivity contribution >= 4 is 30.5 Å². The molecular formula is C26H31BF2N4O4. The Morgan fingerprint density at radius 1 is 0.946 bits per heavy atom. The number of phenols is 1. The molecule has 1 aliphatic rings. The van der Waals surface area contributed by atoms with Crippen molar-refractivity contribution in [3.8, 4) is 11.5 Å². The number of aromatic hydroxyl groups is 1. The van der Waals surface area contributed by atoms with Gasteiger partial charge in [-0.15, -0.1) is 0 Å². The van der Waals surface area contributed by atoms with Gasteiger partial charge in [-0.05, 0) is 70.2 Å². The summed E-state index contributed by atoms with van der Waals surface area (Å²) in [5.41, 5.74) is 0.415. The molecule has 0 unspecified atom stereocenters. The van der Waals surface area contributed by atoms with E-state index < -0.39 is 13.3 Å². The Balaban J connectivity index is 2.31. The van der Waals surface area contributed by atoms with E-state index in [0.717, 1.165) is 0 Å². The molecule has 0 spiro atoms. The predicted octanol–water partition coefficient (Wildman–Crippen LogP) is 4.09. The van der Waals surface area contributed by atoms with Gasteiger partial charge in [0.1, 0.15) is 17.2 Å². The molecule has 11 heteroatoms. The van der Waals surface area contributed by atoms with Crippen LogP contribution in [-0.2, 0) is 4.79 Å². The molecule has 2 amide bonds. The number of aromatic nitrogens is 1. The maximum Gasteiger partial charge on any atom is 0.678 e. The van der Waals surface area contributed by atoms with Crippen LogP contribution in [0.3, 0.4) is 0 Å². The van der Waals surface area contributed by atoms with Crippen molar-refractivity contribution in [2.24, 2.45) is 4.99 Å². The fourth-order valence-corrected chi connectivity index (χ4v) is 4.25. The molecule has 0 bridgehead atoms. The van der Waals surface area contributed by atoms with E-state index in [9.17, 15) is 23.3 Å². The highest BCUT2D eigenvalue weighted by atomic mass is 19.2. The van der Waals surface area contributed by atoms with Gasteiger partial charge in [0.25, 0.3) is 11.8 Å². The van der Waals surface area contributed by atoms with E-state index in [4.69, 9.17) is 4.74 Å². The number of aliphatic imine (C=N–C) groups is 1. The number of methoxy groups -OCH3 is 1. The highest BCUT2D eigenvalue weighted by Crippen LogP contribution is 2.38. The number of carbonyl (C=O) groups is 2. The van der Waals surface area contributed by atoms with Gasteiger partial charge in [-0.1, -0.05) is 0 Å². The molecule has 196 valence electrons. The lowest BCUT2D eigenvalue weighted by molar-refractivity contribution is -0.123. The first-order valence-corrected chi connectivity index (χ1v) is 12.2. The van der Waals surface area contributed by atoms with E-state index in [1.54, 1.807) is 24.8 Å². The molecule has 8 nitrogen and oxygen atoms in total. The SMILES string of the molecule is CCN(CC)C(=O)C1=N/C(=C(\c2cc(OC)ccc2O)c2ccc(C(=O)N(CC)CC)n2B(F)F)C=C1. The van der Waals surface area contributed by atoms with E-state index in [1.165, 1.54) is 48.4 Å². The van der Waals surface area contributed by atoms with E-state index in [0.29, 0.717) is 36.4 Å². The summed E-state index contributed by atoms with van der Waals surface area (Å²) in [5.74, 6) is -0.661. The van der Waals surface area contributed by atoms with Crippen molar-refractivity contribution < 1.29 is 28.1 Å². The smallest absolute Gasteiger partial charge is 0.507 e. The Hall–Kier alpha value is -3.89. The zero-order valence-electron chi connectivity index (χ0n) is 21.7. The lowest BCUT2D eigenvalue weighted by Crippen LogP contribution is -2.35. The van der Waals surface area contributed by atoms with Gasteiger partial charge < -0.3 is 24.1 Å². The number of carbonyl (C=O) groups excluding carboxylic acids is 2. The molecule has 1 aromatic heterocycles. The van der Waals surface area contributed by atoms with Crippen LogP contribution in [0, 0.1) is 0 Å². The number of ether oxygens (including phenoxy) is 1. The Morgan fingerprint density at radius 3 is 2.11 bits per heavy atom. The topological polar surface area (TPSA) is 87.4 Å². The molecule has 0 saturated carbocycles. The minimum atomic E-state index is -3.06. The molecule has 1 N–H and O–H groups in total. The van der Waals surface area contributed by atoms with E-state index in [1.807, 2.05) is 13.8 Å². The van der Waals surface area contributed by atoms with Crippen molar-refractivity contribution in [1.29, 1.82) is 0 Å². The molecule has 37 heavy (non-hydrogen) atoms. The third-order valence-corrected chi connectivity index (χ3v) is 6.28. The van der Waals surface area contributed by atoms with Crippen LogP contribution in [-0.4, -0.2) is 77.6 Å². The van der Waals surface area contributed by atoms with Crippen LogP contribution in [0.2, 0.25) is 0 Å². The second kappa shape index (κ2) is 11.9. The molecule has 0 aliphatic carbocycles. The summed E-state index contributed by atoms with van der Waals surface area (Å²) in [7, 11) is -1.62. The normalized spacial score (nSPS) is 13.9. The Kier molecular flexibility index (Phi) is 8.91. The third-order valence-electron chi connectivity index (χ3n) is 6.28. The van der Waals surface area contributed by atoms with Crippen LogP contribution in [0.15, 0.2) is 53.2 Å². The van der Waals surface area contributed by atoms with Gasteiger partial charge in [-0.25, -0.2) is 4.99 Å². The number of nitrogens with zero attached hydrogens (tertiary/aromatic N) is 4. The Bertz CT molecular complexity index is 1260. The number of allylic oxidation sites excluding steroid dienone is 1. The van der Waals surface area contributed by atoms with Gasteiger partial charge >= 0.3 is 7.40 Å². The van der Waals surface area contributed by atoms with E-state index >= 15 is 0 Å². The van der Waals surface area contributed by atoms with Crippen LogP contribution in [0.25, 0.3) is 5.57 Å². The maximum absolute atomic E-state index is 14.5. The van der Waals surface area contributed by atoms with Crippen LogP contribution in [0.1, 0.15) is 49.4 Å². The molecule has 1 aliphatic heterocycles. The van der Waals surface area contributed by atoms with Crippen LogP contribution >= 0.6 is 0 Å². The average Bonchev–Trinajstić information content (AvgIpc) is 3.55. The molecule has 0 saturated heterocycles. The Morgan fingerprint density at radius 2 is 1.54 bits per heavy atom. The van der Waals surface area contributed by atoms with Crippen molar-refractivity contribution in [3.05, 3.63) is 65.1 Å². The quantitative estimate of drug-likeness (QED) is 0.486. The first-order valence-electron chi connectivity index (χ1n) is 12.2. The lowest BCUT2D eigenvalue weighted by Gasteiger charge is -2.21. The number of amides is 2. The third kappa shape index (κ3) is 5.45. The zero-order chi connectivity index (χ0) is 27.3. The van der Waals surface area contributed by atoms with Crippen LogP contribution in [0.4, 0.5) is 8.63 Å². The largest absolute Gasteiger partial charge is 0.678 e. The molecule has 2 aromatic rings. The fraction of sp³-hybridized carbons (Fsp3) is 0.346. The first-order chi connectivity index (χ1) is 17.7. The number of phenolic OH excluding ortho intramolecular Hbond substituents is 1.